The molecule has 1 aliphatic heterocycles. The summed E-state index contributed by atoms with van der Waals surface area (Å²) in [6, 6.07) is 6.95. The molecule has 7 nitrogen and oxygen atoms in total. The van der Waals surface area contributed by atoms with Gasteiger partial charge in [0.25, 0.3) is 5.91 Å². The summed E-state index contributed by atoms with van der Waals surface area (Å²) in [5.74, 6) is -1.38. The lowest BCUT2D eigenvalue weighted by Gasteiger charge is -2.26. The van der Waals surface area contributed by atoms with E-state index in [1.165, 1.54) is 0 Å². The average molecular weight is 345 g/mol. The Balaban J connectivity index is 1.85. The first-order valence-corrected chi connectivity index (χ1v) is 8.18. The van der Waals surface area contributed by atoms with Crippen LogP contribution in [0.25, 0.3) is 0 Å². The standard InChI is InChI=1S/C18H23N3O4/c1-18(2,3)20-15(23)11-19-14(22)8-9-21-16(24)10-12-6-4-5-7-13(12)17(21)25/h4-7H,8-11H2,1-3H3,(H,19,22)(H,20,23). The number of nitrogens with one attached hydrogen (secondary N) is 2. The summed E-state index contributed by atoms with van der Waals surface area (Å²) >= 11 is 0. The number of imide groups is 1. The van der Waals surface area contributed by atoms with Crippen LogP contribution in [0, 0.1) is 0 Å². The average Bonchev–Trinajstić information content (AvgIpc) is 2.51. The molecule has 2 rings (SSSR count). The molecule has 0 spiro atoms. The summed E-state index contributed by atoms with van der Waals surface area (Å²) in [4.78, 5) is 49.1. The largest absolute Gasteiger partial charge is 0.350 e. The van der Waals surface area contributed by atoms with E-state index in [4.69, 9.17) is 0 Å². The van der Waals surface area contributed by atoms with Crippen LogP contribution in [0.1, 0.15) is 43.1 Å². The van der Waals surface area contributed by atoms with Crippen LogP contribution in [0.3, 0.4) is 0 Å². The number of carbonyl (C=O) groups is 4. The molecular weight excluding hydrogens is 322 g/mol. The van der Waals surface area contributed by atoms with E-state index >= 15 is 0 Å². The van der Waals surface area contributed by atoms with Crippen molar-refractivity contribution in [3.63, 3.8) is 0 Å². The molecule has 134 valence electrons. The van der Waals surface area contributed by atoms with Gasteiger partial charge in [-0.05, 0) is 32.4 Å². The Labute approximate surface area is 146 Å². The molecule has 0 saturated heterocycles. The van der Waals surface area contributed by atoms with Gasteiger partial charge in [-0.1, -0.05) is 18.2 Å². The van der Waals surface area contributed by atoms with Gasteiger partial charge in [-0.25, -0.2) is 0 Å². The van der Waals surface area contributed by atoms with Crippen molar-refractivity contribution in [3.8, 4) is 0 Å². The highest BCUT2D eigenvalue weighted by Crippen LogP contribution is 2.19. The van der Waals surface area contributed by atoms with E-state index in [2.05, 4.69) is 10.6 Å². The highest BCUT2D eigenvalue weighted by Gasteiger charge is 2.30. The normalized spacial score (nSPS) is 14.1. The van der Waals surface area contributed by atoms with Crippen LogP contribution >= 0.6 is 0 Å². The van der Waals surface area contributed by atoms with Crippen molar-refractivity contribution in [1.29, 1.82) is 0 Å². The second kappa shape index (κ2) is 7.46. The van der Waals surface area contributed by atoms with E-state index in [1.54, 1.807) is 24.3 Å². The molecule has 0 radical (unpaired) electrons. The molecule has 0 aromatic heterocycles. The zero-order chi connectivity index (χ0) is 18.6. The van der Waals surface area contributed by atoms with Crippen LogP contribution in [0.5, 0.6) is 0 Å². The van der Waals surface area contributed by atoms with Crippen molar-refractivity contribution in [2.75, 3.05) is 13.1 Å². The van der Waals surface area contributed by atoms with Gasteiger partial charge in [-0.15, -0.1) is 0 Å². The molecular formula is C18H23N3O4. The fourth-order valence-corrected chi connectivity index (χ4v) is 2.57. The monoisotopic (exact) mass is 345 g/mol. The number of nitrogens with zero attached hydrogens (tertiary/aromatic N) is 1. The van der Waals surface area contributed by atoms with Crippen LogP contribution in [-0.2, 0) is 20.8 Å². The number of hydrogen-bond donors (Lipinski definition) is 2. The third kappa shape index (κ3) is 5.14. The van der Waals surface area contributed by atoms with Gasteiger partial charge in [-0.3, -0.25) is 24.1 Å². The molecule has 2 N–H and O–H groups in total. The molecule has 0 fully saturated rings. The maximum Gasteiger partial charge on any atom is 0.260 e. The van der Waals surface area contributed by atoms with E-state index in [-0.39, 0.29) is 55.1 Å². The maximum atomic E-state index is 12.4. The van der Waals surface area contributed by atoms with Gasteiger partial charge in [0.05, 0.1) is 13.0 Å². The quantitative estimate of drug-likeness (QED) is 0.765. The third-order valence-corrected chi connectivity index (χ3v) is 3.66. The summed E-state index contributed by atoms with van der Waals surface area (Å²) in [7, 11) is 0. The highest BCUT2D eigenvalue weighted by molar-refractivity contribution is 6.09. The van der Waals surface area contributed by atoms with Crippen molar-refractivity contribution in [3.05, 3.63) is 35.4 Å². The first kappa shape index (κ1) is 18.6. The fraction of sp³-hybridized carbons (Fsp3) is 0.444. The van der Waals surface area contributed by atoms with Crippen LogP contribution in [0.4, 0.5) is 0 Å². The molecule has 0 unspecified atom stereocenters. The minimum atomic E-state index is -0.386. The van der Waals surface area contributed by atoms with Crippen molar-refractivity contribution in [1.82, 2.24) is 15.5 Å². The summed E-state index contributed by atoms with van der Waals surface area (Å²) < 4.78 is 0. The zero-order valence-electron chi connectivity index (χ0n) is 14.7. The molecule has 1 aromatic carbocycles. The van der Waals surface area contributed by atoms with Crippen molar-refractivity contribution < 1.29 is 19.2 Å². The van der Waals surface area contributed by atoms with E-state index in [0.717, 1.165) is 4.90 Å². The fourth-order valence-electron chi connectivity index (χ4n) is 2.57. The van der Waals surface area contributed by atoms with Gasteiger partial charge in [-0.2, -0.15) is 0 Å². The van der Waals surface area contributed by atoms with Gasteiger partial charge in [0.2, 0.25) is 17.7 Å². The Hall–Kier alpha value is -2.70. The number of hydrogen-bond acceptors (Lipinski definition) is 4. The van der Waals surface area contributed by atoms with E-state index < -0.39 is 0 Å². The predicted molar refractivity (Wildman–Crippen MR) is 91.7 cm³/mol. The molecule has 25 heavy (non-hydrogen) atoms. The van der Waals surface area contributed by atoms with Gasteiger partial charge in [0.1, 0.15) is 0 Å². The summed E-state index contributed by atoms with van der Waals surface area (Å²) in [5.41, 5.74) is 0.825. The molecule has 7 heteroatoms. The Morgan fingerprint density at radius 1 is 1.12 bits per heavy atom. The second-order valence-electron chi connectivity index (χ2n) is 7.01. The SMILES string of the molecule is CC(C)(C)NC(=O)CNC(=O)CCN1C(=O)Cc2ccccc2C1=O. The molecule has 4 amide bonds. The topological polar surface area (TPSA) is 95.6 Å². The molecule has 0 aliphatic carbocycles. The van der Waals surface area contributed by atoms with Crippen molar-refractivity contribution in [2.45, 2.75) is 39.2 Å². The minimum Gasteiger partial charge on any atom is -0.350 e. The number of carbonyl (C=O) groups excluding carboxylic acids is 4. The van der Waals surface area contributed by atoms with Gasteiger partial charge >= 0.3 is 0 Å². The predicted octanol–water partition coefficient (Wildman–Crippen LogP) is 0.633. The molecule has 1 aromatic rings. The van der Waals surface area contributed by atoms with Crippen LogP contribution in [0.2, 0.25) is 0 Å². The first-order valence-electron chi connectivity index (χ1n) is 8.18. The maximum absolute atomic E-state index is 12.4. The van der Waals surface area contributed by atoms with Crippen molar-refractivity contribution in [2.24, 2.45) is 0 Å². The van der Waals surface area contributed by atoms with E-state index in [0.29, 0.717) is 11.1 Å². The third-order valence-electron chi connectivity index (χ3n) is 3.66. The molecule has 1 aliphatic rings. The number of amides is 4. The number of rotatable bonds is 5. The van der Waals surface area contributed by atoms with E-state index in [9.17, 15) is 19.2 Å². The van der Waals surface area contributed by atoms with Crippen LogP contribution in [-0.4, -0.2) is 47.2 Å². The van der Waals surface area contributed by atoms with Crippen molar-refractivity contribution >= 4 is 23.6 Å². The molecule has 0 saturated carbocycles. The Morgan fingerprint density at radius 3 is 2.48 bits per heavy atom. The Morgan fingerprint density at radius 2 is 1.80 bits per heavy atom. The van der Waals surface area contributed by atoms with Gasteiger partial charge < -0.3 is 10.6 Å². The summed E-state index contributed by atoms with van der Waals surface area (Å²) in [6.45, 7) is 5.40. The smallest absolute Gasteiger partial charge is 0.260 e. The highest BCUT2D eigenvalue weighted by atomic mass is 16.2. The molecule has 1 heterocycles. The van der Waals surface area contributed by atoms with Crippen LogP contribution < -0.4 is 10.6 Å². The lowest BCUT2D eigenvalue weighted by atomic mass is 9.98. The summed E-state index contributed by atoms with van der Waals surface area (Å²) in [5, 5.41) is 5.23. The number of fused-ring (bicyclic) bond motifs is 1. The van der Waals surface area contributed by atoms with E-state index in [1.807, 2.05) is 20.8 Å². The Bertz CT molecular complexity index is 707. The lowest BCUT2D eigenvalue weighted by molar-refractivity contribution is -0.130. The first-order chi connectivity index (χ1) is 11.7. The van der Waals surface area contributed by atoms with Gasteiger partial charge in [0, 0.05) is 24.1 Å². The molecule has 0 bridgehead atoms. The number of benzene rings is 1. The lowest BCUT2D eigenvalue weighted by Crippen LogP contribution is -2.47. The Kier molecular flexibility index (Phi) is 5.56. The van der Waals surface area contributed by atoms with Gasteiger partial charge in [0.15, 0.2) is 0 Å². The zero-order valence-corrected chi connectivity index (χ0v) is 14.7. The minimum absolute atomic E-state index is 0.00127. The van der Waals surface area contributed by atoms with Crippen LogP contribution in [0.15, 0.2) is 24.3 Å². The molecule has 0 atom stereocenters. The second-order valence-corrected chi connectivity index (χ2v) is 7.01. The summed E-state index contributed by atoms with van der Waals surface area (Å²) in [6.07, 6.45) is 0.111.